The zero-order valence-electron chi connectivity index (χ0n) is 13.6. The topological polar surface area (TPSA) is 55.6 Å². The third-order valence-corrected chi connectivity index (χ3v) is 3.91. The summed E-state index contributed by atoms with van der Waals surface area (Å²) in [6, 6.07) is 0. The Kier molecular flexibility index (Phi) is 7.52. The number of hydrogen-bond donors (Lipinski definition) is 1. The maximum atomic E-state index is 12.6. The predicted octanol–water partition coefficient (Wildman–Crippen LogP) is 2.41. The lowest BCUT2D eigenvalue weighted by Crippen LogP contribution is -2.41. The molecule has 0 aromatic rings. The highest BCUT2D eigenvalue weighted by atomic mass is 16.5. The van der Waals surface area contributed by atoms with Crippen molar-refractivity contribution in [2.24, 2.45) is 17.6 Å². The first kappa shape index (κ1) is 17.4. The lowest BCUT2D eigenvalue weighted by atomic mass is 10.1. The number of rotatable bonds is 8. The molecule has 1 aliphatic rings. The van der Waals surface area contributed by atoms with Gasteiger partial charge in [0.15, 0.2) is 0 Å². The molecule has 0 aromatic heterocycles. The molecule has 0 saturated carbocycles. The van der Waals surface area contributed by atoms with Gasteiger partial charge in [0, 0.05) is 19.6 Å². The molecule has 0 bridgehead atoms. The van der Waals surface area contributed by atoms with Gasteiger partial charge in [-0.3, -0.25) is 4.79 Å². The monoisotopic (exact) mass is 284 g/mol. The minimum atomic E-state index is -0.261. The van der Waals surface area contributed by atoms with E-state index < -0.39 is 0 Å². The molecule has 1 heterocycles. The molecule has 0 aromatic carbocycles. The van der Waals surface area contributed by atoms with Crippen molar-refractivity contribution in [1.82, 2.24) is 4.90 Å². The van der Waals surface area contributed by atoms with Crippen LogP contribution in [0.3, 0.4) is 0 Å². The first-order valence-corrected chi connectivity index (χ1v) is 8.08. The summed E-state index contributed by atoms with van der Waals surface area (Å²) in [6.07, 6.45) is 3.65. The molecule has 2 N–H and O–H groups in total. The third-order valence-electron chi connectivity index (χ3n) is 3.91. The van der Waals surface area contributed by atoms with E-state index in [2.05, 4.69) is 27.7 Å². The standard InChI is InChI=1S/C16H32N2O2/c1-12(2)7-9-18(10-8-13(3)4)16(19)15-6-5-14(11-17)20-15/h12-15H,5-11,17H2,1-4H3. The van der Waals surface area contributed by atoms with Crippen LogP contribution in [0.25, 0.3) is 0 Å². The zero-order valence-corrected chi connectivity index (χ0v) is 13.6. The summed E-state index contributed by atoms with van der Waals surface area (Å²) in [5, 5.41) is 0. The van der Waals surface area contributed by atoms with Crippen LogP contribution in [0, 0.1) is 11.8 Å². The highest BCUT2D eigenvalue weighted by Gasteiger charge is 2.32. The smallest absolute Gasteiger partial charge is 0.251 e. The van der Waals surface area contributed by atoms with E-state index in [9.17, 15) is 4.79 Å². The second-order valence-corrected chi connectivity index (χ2v) is 6.75. The summed E-state index contributed by atoms with van der Waals surface area (Å²) < 4.78 is 5.75. The lowest BCUT2D eigenvalue weighted by Gasteiger charge is -2.27. The fourth-order valence-electron chi connectivity index (χ4n) is 2.42. The van der Waals surface area contributed by atoms with E-state index in [1.807, 2.05) is 4.90 Å². The molecule has 0 radical (unpaired) electrons. The Morgan fingerprint density at radius 2 is 1.70 bits per heavy atom. The summed E-state index contributed by atoms with van der Waals surface area (Å²) in [6.45, 7) is 11.0. The van der Waals surface area contributed by atoms with Crippen molar-refractivity contribution in [3.05, 3.63) is 0 Å². The molecule has 118 valence electrons. The highest BCUT2D eigenvalue weighted by Crippen LogP contribution is 2.21. The molecule has 1 saturated heterocycles. The van der Waals surface area contributed by atoms with E-state index in [0.717, 1.165) is 38.8 Å². The lowest BCUT2D eigenvalue weighted by molar-refractivity contribution is -0.143. The number of nitrogens with two attached hydrogens (primary N) is 1. The molecule has 4 nitrogen and oxygen atoms in total. The first-order valence-electron chi connectivity index (χ1n) is 8.08. The molecular formula is C16H32N2O2. The Morgan fingerprint density at radius 3 is 2.10 bits per heavy atom. The van der Waals surface area contributed by atoms with Gasteiger partial charge in [-0.2, -0.15) is 0 Å². The highest BCUT2D eigenvalue weighted by molar-refractivity contribution is 5.81. The first-order chi connectivity index (χ1) is 9.43. The maximum absolute atomic E-state index is 12.6. The van der Waals surface area contributed by atoms with Gasteiger partial charge >= 0.3 is 0 Å². The van der Waals surface area contributed by atoms with Crippen molar-refractivity contribution in [3.63, 3.8) is 0 Å². The number of carbonyl (C=O) groups is 1. The molecule has 2 atom stereocenters. The number of ether oxygens (including phenoxy) is 1. The van der Waals surface area contributed by atoms with Crippen molar-refractivity contribution in [3.8, 4) is 0 Å². The molecule has 1 rings (SSSR count). The summed E-state index contributed by atoms with van der Waals surface area (Å²) in [5.41, 5.74) is 5.62. The number of amides is 1. The van der Waals surface area contributed by atoms with Crippen LogP contribution in [0.4, 0.5) is 0 Å². The Labute approximate surface area is 124 Å². The minimum absolute atomic E-state index is 0.0704. The molecule has 1 aliphatic heterocycles. The van der Waals surface area contributed by atoms with Crippen LogP contribution in [-0.4, -0.2) is 42.6 Å². The van der Waals surface area contributed by atoms with Crippen molar-refractivity contribution in [2.45, 2.75) is 65.6 Å². The number of nitrogens with zero attached hydrogens (tertiary/aromatic N) is 1. The largest absolute Gasteiger partial charge is 0.364 e. The van der Waals surface area contributed by atoms with E-state index >= 15 is 0 Å². The van der Waals surface area contributed by atoms with Crippen LogP contribution in [0.1, 0.15) is 53.4 Å². The van der Waals surface area contributed by atoms with Crippen molar-refractivity contribution in [2.75, 3.05) is 19.6 Å². The van der Waals surface area contributed by atoms with Gasteiger partial charge in [-0.15, -0.1) is 0 Å². The molecule has 1 fully saturated rings. The van der Waals surface area contributed by atoms with Gasteiger partial charge in [0.25, 0.3) is 5.91 Å². The third kappa shape index (κ3) is 5.80. The van der Waals surface area contributed by atoms with Gasteiger partial charge in [0.2, 0.25) is 0 Å². The van der Waals surface area contributed by atoms with E-state index in [1.54, 1.807) is 0 Å². The van der Waals surface area contributed by atoms with Gasteiger partial charge in [-0.05, 0) is 37.5 Å². The summed E-state index contributed by atoms with van der Waals surface area (Å²) in [4.78, 5) is 14.6. The molecule has 4 heteroatoms. The molecule has 0 aliphatic carbocycles. The molecule has 1 amide bonds. The summed E-state index contributed by atoms with van der Waals surface area (Å²) in [7, 11) is 0. The van der Waals surface area contributed by atoms with Crippen LogP contribution in [0.2, 0.25) is 0 Å². The average Bonchev–Trinajstić information content (AvgIpc) is 2.86. The van der Waals surface area contributed by atoms with Crippen LogP contribution >= 0.6 is 0 Å². The minimum Gasteiger partial charge on any atom is -0.364 e. The SMILES string of the molecule is CC(C)CCN(CCC(C)C)C(=O)C1CCC(CN)O1. The van der Waals surface area contributed by atoms with Gasteiger partial charge in [0.1, 0.15) is 6.10 Å². The second-order valence-electron chi connectivity index (χ2n) is 6.75. The molecular weight excluding hydrogens is 252 g/mol. The average molecular weight is 284 g/mol. The quantitative estimate of drug-likeness (QED) is 0.744. The molecule has 0 spiro atoms. The van der Waals surface area contributed by atoms with E-state index in [0.29, 0.717) is 18.4 Å². The van der Waals surface area contributed by atoms with Gasteiger partial charge < -0.3 is 15.4 Å². The summed E-state index contributed by atoms with van der Waals surface area (Å²) in [5.74, 6) is 1.40. The number of hydrogen-bond acceptors (Lipinski definition) is 3. The van der Waals surface area contributed by atoms with Crippen molar-refractivity contribution >= 4 is 5.91 Å². The maximum Gasteiger partial charge on any atom is 0.251 e. The second kappa shape index (κ2) is 8.63. The van der Waals surface area contributed by atoms with Gasteiger partial charge in [-0.1, -0.05) is 27.7 Å². The number of carbonyl (C=O) groups excluding carboxylic acids is 1. The van der Waals surface area contributed by atoms with E-state index in [1.165, 1.54) is 0 Å². The van der Waals surface area contributed by atoms with E-state index in [-0.39, 0.29) is 18.1 Å². The predicted molar refractivity (Wildman–Crippen MR) is 82.4 cm³/mol. The van der Waals surface area contributed by atoms with E-state index in [4.69, 9.17) is 10.5 Å². The van der Waals surface area contributed by atoms with Crippen molar-refractivity contribution < 1.29 is 9.53 Å². The Balaban J connectivity index is 2.54. The van der Waals surface area contributed by atoms with Gasteiger partial charge in [0.05, 0.1) is 6.10 Å². The summed E-state index contributed by atoms with van der Waals surface area (Å²) >= 11 is 0. The normalized spacial score (nSPS) is 22.8. The van der Waals surface area contributed by atoms with Crippen LogP contribution in [-0.2, 0) is 9.53 Å². The zero-order chi connectivity index (χ0) is 15.1. The Hall–Kier alpha value is -0.610. The Morgan fingerprint density at radius 1 is 1.15 bits per heavy atom. The molecule has 2 unspecified atom stereocenters. The fourth-order valence-corrected chi connectivity index (χ4v) is 2.42. The molecule has 20 heavy (non-hydrogen) atoms. The van der Waals surface area contributed by atoms with Crippen molar-refractivity contribution in [1.29, 1.82) is 0 Å². The van der Waals surface area contributed by atoms with Crippen LogP contribution < -0.4 is 5.73 Å². The van der Waals surface area contributed by atoms with Crippen LogP contribution in [0.15, 0.2) is 0 Å². The van der Waals surface area contributed by atoms with Gasteiger partial charge in [-0.25, -0.2) is 0 Å². The van der Waals surface area contributed by atoms with Crippen LogP contribution in [0.5, 0.6) is 0 Å². The Bertz CT molecular complexity index is 280. The fraction of sp³-hybridized carbons (Fsp3) is 0.938.